The molecule has 1 fully saturated rings. The molecule has 3 nitrogen and oxygen atoms in total. The Bertz CT molecular complexity index is 423. The number of nitrogens with zero attached hydrogens (tertiary/aromatic N) is 2. The van der Waals surface area contributed by atoms with E-state index in [0.29, 0.717) is 5.84 Å². The Kier molecular flexibility index (Phi) is 3.89. The number of benzene rings is 1. The van der Waals surface area contributed by atoms with Crippen LogP contribution in [0.5, 0.6) is 0 Å². The zero-order chi connectivity index (χ0) is 12.3. The highest BCUT2D eigenvalue weighted by Gasteiger charge is 2.12. The maximum Gasteiger partial charge on any atom is 0.115 e. The Balaban J connectivity index is 2.22. The van der Waals surface area contributed by atoms with Crippen molar-refractivity contribution < 1.29 is 0 Å². The van der Waals surface area contributed by atoms with E-state index in [1.165, 1.54) is 18.5 Å². The Hall–Kier alpha value is -1.22. The first-order chi connectivity index (χ1) is 8.20. The zero-order valence-corrected chi connectivity index (χ0v) is 10.9. The van der Waals surface area contributed by atoms with Crippen LogP contribution >= 0.6 is 11.6 Å². The van der Waals surface area contributed by atoms with Crippen LogP contribution in [0.4, 0.5) is 11.4 Å². The largest absolute Gasteiger partial charge is 0.386 e. The van der Waals surface area contributed by atoms with E-state index in [2.05, 4.69) is 28.9 Å². The fraction of sp³-hybridized carbons (Fsp3) is 0.462. The van der Waals surface area contributed by atoms with E-state index in [4.69, 9.17) is 17.3 Å². The average Bonchev–Trinajstić information content (AvgIpc) is 2.85. The molecule has 4 heteroatoms. The molecule has 1 saturated heterocycles. The lowest BCUT2D eigenvalue weighted by Crippen LogP contribution is -2.17. The molecule has 0 bridgehead atoms. The molecule has 2 rings (SSSR count). The lowest BCUT2D eigenvalue weighted by molar-refractivity contribution is 0.949. The molecule has 1 aliphatic heterocycles. The second-order valence-corrected chi connectivity index (χ2v) is 4.67. The Morgan fingerprint density at radius 3 is 2.71 bits per heavy atom. The molecule has 92 valence electrons. The van der Waals surface area contributed by atoms with Gasteiger partial charge < -0.3 is 10.6 Å². The summed E-state index contributed by atoms with van der Waals surface area (Å²) in [6.45, 7) is 4.37. The van der Waals surface area contributed by atoms with Gasteiger partial charge in [-0.05, 0) is 43.5 Å². The summed E-state index contributed by atoms with van der Waals surface area (Å²) in [5.74, 6) is 0.733. The highest BCUT2D eigenvalue weighted by Crippen LogP contribution is 2.27. The molecule has 0 aromatic heterocycles. The highest BCUT2D eigenvalue weighted by atomic mass is 35.5. The number of nitrogens with two attached hydrogens (primary N) is 1. The Morgan fingerprint density at radius 2 is 2.12 bits per heavy atom. The van der Waals surface area contributed by atoms with E-state index in [0.717, 1.165) is 24.3 Å². The van der Waals surface area contributed by atoms with Crippen molar-refractivity contribution in [3.63, 3.8) is 0 Å². The number of alkyl halides is 1. The monoisotopic (exact) mass is 251 g/mol. The highest BCUT2D eigenvalue weighted by molar-refractivity contribution is 6.28. The summed E-state index contributed by atoms with van der Waals surface area (Å²) in [6, 6.07) is 6.30. The van der Waals surface area contributed by atoms with Crippen LogP contribution in [0.25, 0.3) is 0 Å². The molecule has 1 heterocycles. The third kappa shape index (κ3) is 2.91. The maximum atomic E-state index is 5.64. The van der Waals surface area contributed by atoms with Gasteiger partial charge >= 0.3 is 0 Å². The van der Waals surface area contributed by atoms with E-state index < -0.39 is 0 Å². The van der Waals surface area contributed by atoms with Crippen molar-refractivity contribution in [2.24, 2.45) is 10.7 Å². The lowest BCUT2D eigenvalue weighted by atomic mass is 10.1. The molecule has 0 amide bonds. The van der Waals surface area contributed by atoms with Gasteiger partial charge in [0.1, 0.15) is 5.84 Å². The minimum atomic E-state index is 0.271. The van der Waals surface area contributed by atoms with Crippen molar-refractivity contribution in [3.8, 4) is 0 Å². The third-order valence-electron chi connectivity index (χ3n) is 3.05. The first-order valence-corrected chi connectivity index (χ1v) is 6.49. The molecule has 0 spiro atoms. The van der Waals surface area contributed by atoms with Gasteiger partial charge in [0.2, 0.25) is 0 Å². The average molecular weight is 252 g/mol. The van der Waals surface area contributed by atoms with Crippen molar-refractivity contribution in [2.45, 2.75) is 19.8 Å². The third-order valence-corrected chi connectivity index (χ3v) is 3.33. The van der Waals surface area contributed by atoms with Crippen LogP contribution < -0.4 is 10.6 Å². The van der Waals surface area contributed by atoms with Gasteiger partial charge in [0.15, 0.2) is 0 Å². The number of anilines is 1. The predicted octanol–water partition coefficient (Wildman–Crippen LogP) is 2.82. The van der Waals surface area contributed by atoms with E-state index in [-0.39, 0.29) is 5.88 Å². The van der Waals surface area contributed by atoms with Crippen molar-refractivity contribution in [3.05, 3.63) is 23.8 Å². The van der Waals surface area contributed by atoms with Crippen LogP contribution in [0.1, 0.15) is 18.4 Å². The van der Waals surface area contributed by atoms with Gasteiger partial charge in [-0.3, -0.25) is 0 Å². The van der Waals surface area contributed by atoms with Crippen LogP contribution in [0.15, 0.2) is 23.2 Å². The van der Waals surface area contributed by atoms with E-state index in [1.807, 2.05) is 6.07 Å². The SMILES string of the molecule is Cc1cc(N2CCCC2)ccc1N=C(N)CCl. The van der Waals surface area contributed by atoms with Crippen molar-refractivity contribution >= 4 is 28.8 Å². The second-order valence-electron chi connectivity index (χ2n) is 4.40. The predicted molar refractivity (Wildman–Crippen MR) is 74.6 cm³/mol. The lowest BCUT2D eigenvalue weighted by Gasteiger charge is -2.18. The molecule has 0 radical (unpaired) electrons. The number of rotatable bonds is 3. The van der Waals surface area contributed by atoms with Crippen LogP contribution in [0.2, 0.25) is 0 Å². The summed E-state index contributed by atoms with van der Waals surface area (Å²) < 4.78 is 0. The summed E-state index contributed by atoms with van der Waals surface area (Å²) in [7, 11) is 0. The molecule has 0 saturated carbocycles. The summed E-state index contributed by atoms with van der Waals surface area (Å²) in [5.41, 5.74) is 8.97. The molecule has 0 atom stereocenters. The molecule has 0 unspecified atom stereocenters. The van der Waals surface area contributed by atoms with Crippen molar-refractivity contribution in [1.29, 1.82) is 0 Å². The number of hydrogen-bond acceptors (Lipinski definition) is 2. The molecule has 2 N–H and O–H groups in total. The van der Waals surface area contributed by atoms with Gasteiger partial charge in [-0.15, -0.1) is 11.6 Å². The van der Waals surface area contributed by atoms with Gasteiger partial charge in [0.05, 0.1) is 11.6 Å². The van der Waals surface area contributed by atoms with Gasteiger partial charge in [-0.1, -0.05) is 0 Å². The first kappa shape index (κ1) is 12.2. The second kappa shape index (κ2) is 5.41. The summed E-state index contributed by atoms with van der Waals surface area (Å²) in [5, 5.41) is 0. The number of hydrogen-bond donors (Lipinski definition) is 1. The standard InChI is InChI=1S/C13H18ClN3/c1-10-8-11(17-6-2-3-7-17)4-5-12(10)16-13(15)9-14/h4-5,8H,2-3,6-7,9H2,1H3,(H2,15,16). The zero-order valence-electron chi connectivity index (χ0n) is 10.1. The Labute approximate surface area is 107 Å². The molecular weight excluding hydrogens is 234 g/mol. The Morgan fingerprint density at radius 1 is 1.41 bits per heavy atom. The quantitative estimate of drug-likeness (QED) is 0.510. The van der Waals surface area contributed by atoms with E-state index >= 15 is 0 Å². The van der Waals surface area contributed by atoms with Crippen LogP contribution in [-0.2, 0) is 0 Å². The fourth-order valence-electron chi connectivity index (χ4n) is 2.12. The molecular formula is C13H18ClN3. The van der Waals surface area contributed by atoms with Gasteiger partial charge in [0, 0.05) is 18.8 Å². The minimum Gasteiger partial charge on any atom is -0.386 e. The topological polar surface area (TPSA) is 41.6 Å². The summed E-state index contributed by atoms with van der Waals surface area (Å²) in [4.78, 5) is 6.70. The molecule has 1 aliphatic rings. The maximum absolute atomic E-state index is 5.64. The number of aliphatic imine (C=N–C) groups is 1. The number of aryl methyl sites for hydroxylation is 1. The molecule has 1 aromatic carbocycles. The number of amidine groups is 1. The first-order valence-electron chi connectivity index (χ1n) is 5.95. The van der Waals surface area contributed by atoms with Crippen LogP contribution in [0.3, 0.4) is 0 Å². The minimum absolute atomic E-state index is 0.271. The summed E-state index contributed by atoms with van der Waals surface area (Å²) >= 11 is 5.63. The normalized spacial score (nSPS) is 16.6. The summed E-state index contributed by atoms with van der Waals surface area (Å²) in [6.07, 6.45) is 2.58. The van der Waals surface area contributed by atoms with Crippen molar-refractivity contribution in [1.82, 2.24) is 0 Å². The van der Waals surface area contributed by atoms with Gasteiger partial charge in [-0.2, -0.15) is 0 Å². The molecule has 1 aromatic rings. The van der Waals surface area contributed by atoms with E-state index in [9.17, 15) is 0 Å². The fourth-order valence-corrected chi connectivity index (χ4v) is 2.18. The number of halogens is 1. The van der Waals surface area contributed by atoms with Crippen molar-refractivity contribution in [2.75, 3.05) is 23.9 Å². The van der Waals surface area contributed by atoms with Gasteiger partial charge in [0.25, 0.3) is 0 Å². The van der Waals surface area contributed by atoms with Crippen LogP contribution in [0, 0.1) is 6.92 Å². The molecule has 0 aliphatic carbocycles. The van der Waals surface area contributed by atoms with E-state index in [1.54, 1.807) is 0 Å². The van der Waals surface area contributed by atoms with Crippen LogP contribution in [-0.4, -0.2) is 24.8 Å². The molecule has 17 heavy (non-hydrogen) atoms. The smallest absolute Gasteiger partial charge is 0.115 e. The van der Waals surface area contributed by atoms with Gasteiger partial charge in [-0.25, -0.2) is 4.99 Å².